The van der Waals surface area contributed by atoms with Crippen LogP contribution in [-0.2, 0) is 0 Å². The fourth-order valence-electron chi connectivity index (χ4n) is 1.11. The number of hydrogen-bond donors (Lipinski definition) is 0. The average molecular weight is 302 g/mol. The summed E-state index contributed by atoms with van der Waals surface area (Å²) in [4.78, 5) is 13.4. The third kappa shape index (κ3) is 2.75. The molecule has 16 heavy (non-hydrogen) atoms. The Hall–Kier alpha value is -1.05. The van der Waals surface area contributed by atoms with E-state index >= 15 is 0 Å². The Kier molecular flexibility index (Phi) is 4.34. The smallest absolute Gasteiger partial charge is 0.255 e. The molecule has 1 atom stereocenters. The van der Waals surface area contributed by atoms with Gasteiger partial charge in [-0.1, -0.05) is 11.6 Å². The molecule has 0 aliphatic rings. The van der Waals surface area contributed by atoms with Crippen LogP contribution in [0.2, 0.25) is 5.02 Å². The molecule has 0 saturated heterocycles. The van der Waals surface area contributed by atoms with E-state index in [1.807, 2.05) is 6.07 Å². The van der Waals surface area contributed by atoms with E-state index in [1.165, 1.54) is 4.90 Å². The minimum Gasteiger partial charge on any atom is -0.326 e. The Morgan fingerprint density at radius 3 is 2.81 bits per heavy atom. The van der Waals surface area contributed by atoms with E-state index in [-0.39, 0.29) is 5.91 Å². The van der Waals surface area contributed by atoms with Gasteiger partial charge in [0.05, 0.1) is 11.6 Å². The fraction of sp³-hybridized carbons (Fsp3) is 0.273. The Morgan fingerprint density at radius 2 is 2.25 bits per heavy atom. The lowest BCUT2D eigenvalue weighted by molar-refractivity contribution is 0.0772. The van der Waals surface area contributed by atoms with Crippen LogP contribution >= 0.6 is 27.5 Å². The molecule has 0 fully saturated rings. The minimum atomic E-state index is -0.474. The fourth-order valence-corrected chi connectivity index (χ4v) is 1.70. The topological polar surface area (TPSA) is 44.1 Å². The predicted molar refractivity (Wildman–Crippen MR) is 66.3 cm³/mol. The number of amides is 1. The second kappa shape index (κ2) is 5.33. The first-order valence-electron chi connectivity index (χ1n) is 4.59. The summed E-state index contributed by atoms with van der Waals surface area (Å²) in [5.41, 5.74) is 0.456. The molecule has 0 aliphatic heterocycles. The van der Waals surface area contributed by atoms with Crippen molar-refractivity contribution in [2.24, 2.45) is 0 Å². The van der Waals surface area contributed by atoms with Crippen molar-refractivity contribution in [3.63, 3.8) is 0 Å². The van der Waals surface area contributed by atoms with E-state index in [9.17, 15) is 4.79 Å². The third-order valence-corrected chi connectivity index (χ3v) is 3.17. The number of hydrogen-bond acceptors (Lipinski definition) is 2. The van der Waals surface area contributed by atoms with Crippen molar-refractivity contribution >= 4 is 33.4 Å². The molecule has 0 aliphatic carbocycles. The predicted octanol–water partition coefficient (Wildman–Crippen LogP) is 3.09. The van der Waals surface area contributed by atoms with Crippen molar-refractivity contribution in [2.75, 3.05) is 7.05 Å². The van der Waals surface area contributed by atoms with Crippen LogP contribution in [0.15, 0.2) is 22.7 Å². The number of halogens is 2. The molecule has 84 valence electrons. The van der Waals surface area contributed by atoms with Crippen LogP contribution in [-0.4, -0.2) is 23.9 Å². The Balaban J connectivity index is 3.06. The van der Waals surface area contributed by atoms with Gasteiger partial charge in [0.15, 0.2) is 0 Å². The van der Waals surface area contributed by atoms with E-state index in [2.05, 4.69) is 15.9 Å². The molecule has 0 aromatic heterocycles. The Bertz CT molecular complexity index is 456. The summed E-state index contributed by atoms with van der Waals surface area (Å²) >= 11 is 9.10. The molecule has 1 amide bonds. The van der Waals surface area contributed by atoms with Gasteiger partial charge >= 0.3 is 0 Å². The molecule has 0 radical (unpaired) electrons. The molecule has 1 aromatic rings. The molecule has 0 heterocycles. The third-order valence-electron chi connectivity index (χ3n) is 2.25. The molecule has 3 nitrogen and oxygen atoms in total. The largest absolute Gasteiger partial charge is 0.326 e. The van der Waals surface area contributed by atoms with Crippen molar-refractivity contribution in [1.82, 2.24) is 4.90 Å². The highest BCUT2D eigenvalue weighted by molar-refractivity contribution is 9.10. The molecular formula is C11H10BrClN2O. The standard InChI is InChI=1S/C11H10BrClN2O/c1-7(6-14)15(2)11(16)9-5-8(13)3-4-10(9)12/h3-5,7H,1-2H3. The summed E-state index contributed by atoms with van der Waals surface area (Å²) in [6, 6.07) is 6.51. The van der Waals surface area contributed by atoms with Gasteiger partial charge in [-0.2, -0.15) is 5.26 Å². The molecule has 1 unspecified atom stereocenters. The lowest BCUT2D eigenvalue weighted by Gasteiger charge is -2.20. The quantitative estimate of drug-likeness (QED) is 0.842. The number of nitrogens with zero attached hydrogens (tertiary/aromatic N) is 2. The summed E-state index contributed by atoms with van der Waals surface area (Å²) in [6.45, 7) is 1.66. The highest BCUT2D eigenvalue weighted by Crippen LogP contribution is 2.22. The molecule has 5 heteroatoms. The SMILES string of the molecule is CC(C#N)N(C)C(=O)c1cc(Cl)ccc1Br. The van der Waals surface area contributed by atoms with Gasteiger partial charge in [-0.05, 0) is 41.1 Å². The van der Waals surface area contributed by atoms with Crippen molar-refractivity contribution in [1.29, 1.82) is 5.26 Å². The lowest BCUT2D eigenvalue weighted by atomic mass is 10.2. The monoisotopic (exact) mass is 300 g/mol. The Labute approximate surface area is 108 Å². The van der Waals surface area contributed by atoms with E-state index in [0.29, 0.717) is 15.1 Å². The van der Waals surface area contributed by atoms with Crippen LogP contribution in [0.25, 0.3) is 0 Å². The first-order valence-corrected chi connectivity index (χ1v) is 5.76. The van der Waals surface area contributed by atoms with Crippen molar-refractivity contribution < 1.29 is 4.79 Å². The van der Waals surface area contributed by atoms with Gasteiger partial charge < -0.3 is 4.90 Å². The number of carbonyl (C=O) groups is 1. The first kappa shape index (κ1) is 13.0. The van der Waals surface area contributed by atoms with Crippen LogP contribution < -0.4 is 0 Å². The van der Waals surface area contributed by atoms with Crippen molar-refractivity contribution in [2.45, 2.75) is 13.0 Å². The van der Waals surface area contributed by atoms with Gasteiger partial charge in [0, 0.05) is 16.5 Å². The molecule has 1 aromatic carbocycles. The van der Waals surface area contributed by atoms with Crippen LogP contribution in [0.5, 0.6) is 0 Å². The highest BCUT2D eigenvalue weighted by atomic mass is 79.9. The van der Waals surface area contributed by atoms with Crippen molar-refractivity contribution in [3.8, 4) is 6.07 Å². The second-order valence-electron chi connectivity index (χ2n) is 3.35. The normalized spacial score (nSPS) is 11.7. The minimum absolute atomic E-state index is 0.233. The summed E-state index contributed by atoms with van der Waals surface area (Å²) < 4.78 is 0.666. The van der Waals surface area contributed by atoms with E-state index in [4.69, 9.17) is 16.9 Å². The molecular weight excluding hydrogens is 291 g/mol. The highest BCUT2D eigenvalue weighted by Gasteiger charge is 2.19. The summed E-state index contributed by atoms with van der Waals surface area (Å²) in [5.74, 6) is -0.233. The number of benzene rings is 1. The maximum Gasteiger partial charge on any atom is 0.255 e. The summed E-state index contributed by atoms with van der Waals surface area (Å²) in [5, 5.41) is 9.23. The van der Waals surface area contributed by atoms with Gasteiger partial charge in [-0.3, -0.25) is 4.79 Å². The van der Waals surface area contributed by atoms with Crippen LogP contribution in [0.4, 0.5) is 0 Å². The van der Waals surface area contributed by atoms with Crippen LogP contribution in [0.3, 0.4) is 0 Å². The zero-order chi connectivity index (χ0) is 12.3. The van der Waals surface area contributed by atoms with Gasteiger partial charge in [-0.15, -0.1) is 0 Å². The second-order valence-corrected chi connectivity index (χ2v) is 4.64. The average Bonchev–Trinajstić information content (AvgIpc) is 2.29. The maximum absolute atomic E-state index is 12.0. The molecule has 0 saturated carbocycles. The Morgan fingerprint density at radius 1 is 1.62 bits per heavy atom. The van der Waals surface area contributed by atoms with E-state index < -0.39 is 6.04 Å². The number of rotatable bonds is 2. The van der Waals surface area contributed by atoms with Crippen LogP contribution in [0.1, 0.15) is 17.3 Å². The molecule has 0 spiro atoms. The van der Waals surface area contributed by atoms with Crippen LogP contribution in [0, 0.1) is 11.3 Å². The first-order chi connectivity index (χ1) is 7.47. The lowest BCUT2D eigenvalue weighted by Crippen LogP contribution is -2.34. The molecule has 0 N–H and O–H groups in total. The van der Waals surface area contributed by atoms with Gasteiger partial charge in [0.25, 0.3) is 5.91 Å². The van der Waals surface area contributed by atoms with E-state index in [0.717, 1.165) is 0 Å². The zero-order valence-corrected chi connectivity index (χ0v) is 11.2. The number of carbonyl (C=O) groups excluding carboxylic acids is 1. The van der Waals surface area contributed by atoms with Gasteiger partial charge in [-0.25, -0.2) is 0 Å². The van der Waals surface area contributed by atoms with Gasteiger partial charge in [0.1, 0.15) is 6.04 Å². The maximum atomic E-state index is 12.0. The van der Waals surface area contributed by atoms with Gasteiger partial charge in [0.2, 0.25) is 0 Å². The summed E-state index contributed by atoms with van der Waals surface area (Å²) in [7, 11) is 1.59. The van der Waals surface area contributed by atoms with Crippen molar-refractivity contribution in [3.05, 3.63) is 33.3 Å². The summed E-state index contributed by atoms with van der Waals surface area (Å²) in [6.07, 6.45) is 0. The number of nitriles is 1. The van der Waals surface area contributed by atoms with E-state index in [1.54, 1.807) is 32.2 Å². The zero-order valence-electron chi connectivity index (χ0n) is 8.87. The molecule has 0 bridgehead atoms. The molecule has 1 rings (SSSR count).